The van der Waals surface area contributed by atoms with Crippen molar-refractivity contribution in [3.8, 4) is 0 Å². The molecule has 1 saturated heterocycles. The first-order chi connectivity index (χ1) is 6.72. The third-order valence-electron chi connectivity index (χ3n) is 3.11. The Morgan fingerprint density at radius 2 is 2.36 bits per heavy atom. The van der Waals surface area contributed by atoms with Crippen LogP contribution in [0.1, 0.15) is 19.8 Å². The highest BCUT2D eigenvalue weighted by molar-refractivity contribution is 4.73. The summed E-state index contributed by atoms with van der Waals surface area (Å²) < 4.78 is 0. The molecule has 2 atom stereocenters. The maximum Gasteiger partial charge on any atom is 0.000756 e. The highest BCUT2D eigenvalue weighted by atomic mass is 15.1. The molecule has 3 N–H and O–H groups in total. The minimum absolute atomic E-state index is 0.612. The second-order valence-electron chi connectivity index (χ2n) is 4.75. The van der Waals surface area contributed by atoms with E-state index in [1.165, 1.54) is 25.9 Å². The van der Waals surface area contributed by atoms with Crippen molar-refractivity contribution in [3.63, 3.8) is 0 Å². The molecule has 3 heteroatoms. The zero-order valence-electron chi connectivity index (χ0n) is 9.63. The van der Waals surface area contributed by atoms with E-state index in [2.05, 4.69) is 24.2 Å². The highest BCUT2D eigenvalue weighted by Crippen LogP contribution is 2.16. The summed E-state index contributed by atoms with van der Waals surface area (Å²) in [5.74, 6) is 1.53. The molecule has 1 heterocycles. The summed E-state index contributed by atoms with van der Waals surface area (Å²) >= 11 is 0. The van der Waals surface area contributed by atoms with E-state index < -0.39 is 0 Å². The molecule has 14 heavy (non-hydrogen) atoms. The maximum atomic E-state index is 5.55. The van der Waals surface area contributed by atoms with E-state index in [-0.39, 0.29) is 0 Å². The minimum Gasteiger partial charge on any atom is -0.330 e. The van der Waals surface area contributed by atoms with Crippen LogP contribution in [0.25, 0.3) is 0 Å². The van der Waals surface area contributed by atoms with Crippen LogP contribution in [0.4, 0.5) is 0 Å². The van der Waals surface area contributed by atoms with Gasteiger partial charge in [-0.3, -0.25) is 0 Å². The van der Waals surface area contributed by atoms with Crippen LogP contribution in [0.5, 0.6) is 0 Å². The van der Waals surface area contributed by atoms with E-state index in [4.69, 9.17) is 5.73 Å². The Morgan fingerprint density at radius 1 is 1.57 bits per heavy atom. The molecule has 1 fully saturated rings. The van der Waals surface area contributed by atoms with Crippen molar-refractivity contribution in [1.82, 2.24) is 10.2 Å². The van der Waals surface area contributed by atoms with E-state index in [1.54, 1.807) is 0 Å². The fourth-order valence-corrected chi connectivity index (χ4v) is 2.00. The van der Waals surface area contributed by atoms with E-state index in [1.807, 2.05) is 0 Å². The number of hydrogen-bond acceptors (Lipinski definition) is 3. The summed E-state index contributed by atoms with van der Waals surface area (Å²) in [5.41, 5.74) is 5.55. The van der Waals surface area contributed by atoms with Gasteiger partial charge in [-0.15, -0.1) is 0 Å². The van der Waals surface area contributed by atoms with Crippen LogP contribution < -0.4 is 11.1 Å². The molecule has 0 spiro atoms. The molecule has 0 aromatic rings. The zero-order valence-corrected chi connectivity index (χ0v) is 9.63. The van der Waals surface area contributed by atoms with E-state index in [9.17, 15) is 0 Å². The van der Waals surface area contributed by atoms with E-state index >= 15 is 0 Å². The van der Waals surface area contributed by atoms with Crippen LogP contribution >= 0.6 is 0 Å². The summed E-state index contributed by atoms with van der Waals surface area (Å²) in [6.07, 6.45) is 2.70. The molecule has 0 aromatic carbocycles. The van der Waals surface area contributed by atoms with Gasteiger partial charge >= 0.3 is 0 Å². The number of likely N-dealkylation sites (tertiary alicyclic amines) is 1. The van der Waals surface area contributed by atoms with E-state index in [0.717, 1.165) is 25.6 Å². The lowest BCUT2D eigenvalue weighted by Crippen LogP contribution is -2.28. The largest absolute Gasteiger partial charge is 0.330 e. The smallest absolute Gasteiger partial charge is 0.000756 e. The minimum atomic E-state index is 0.612. The number of nitrogens with two attached hydrogens (primary N) is 1. The monoisotopic (exact) mass is 199 g/mol. The summed E-state index contributed by atoms with van der Waals surface area (Å²) in [7, 11) is 2.21. The van der Waals surface area contributed by atoms with Crippen molar-refractivity contribution in [1.29, 1.82) is 0 Å². The Bertz CT molecular complexity index is 149. The number of nitrogens with one attached hydrogen (secondary N) is 1. The predicted molar refractivity (Wildman–Crippen MR) is 61.3 cm³/mol. The molecule has 0 aliphatic carbocycles. The van der Waals surface area contributed by atoms with Crippen LogP contribution in [0, 0.1) is 11.8 Å². The molecule has 0 saturated carbocycles. The van der Waals surface area contributed by atoms with Crippen LogP contribution in [0.3, 0.4) is 0 Å². The predicted octanol–water partition coefficient (Wildman–Crippen LogP) is 0.513. The molecule has 0 aromatic heterocycles. The summed E-state index contributed by atoms with van der Waals surface area (Å²) in [5, 5.41) is 3.48. The zero-order chi connectivity index (χ0) is 10.4. The van der Waals surface area contributed by atoms with E-state index in [0.29, 0.717) is 5.92 Å². The lowest BCUT2D eigenvalue weighted by atomic mass is 10.1. The fourth-order valence-electron chi connectivity index (χ4n) is 2.00. The Morgan fingerprint density at radius 3 is 2.93 bits per heavy atom. The molecule has 2 unspecified atom stereocenters. The van der Waals surface area contributed by atoms with Gasteiger partial charge in [-0.1, -0.05) is 6.92 Å². The van der Waals surface area contributed by atoms with Crippen molar-refractivity contribution in [2.45, 2.75) is 19.8 Å². The van der Waals surface area contributed by atoms with Gasteiger partial charge in [-0.05, 0) is 57.9 Å². The van der Waals surface area contributed by atoms with Gasteiger partial charge in [0.15, 0.2) is 0 Å². The lowest BCUT2D eigenvalue weighted by Gasteiger charge is -2.13. The van der Waals surface area contributed by atoms with Gasteiger partial charge in [0.05, 0.1) is 0 Å². The van der Waals surface area contributed by atoms with Crippen molar-refractivity contribution in [2.75, 3.05) is 39.8 Å². The Hall–Kier alpha value is -0.120. The van der Waals surface area contributed by atoms with Gasteiger partial charge in [-0.25, -0.2) is 0 Å². The van der Waals surface area contributed by atoms with Crippen molar-refractivity contribution >= 4 is 0 Å². The van der Waals surface area contributed by atoms with Crippen LogP contribution in [-0.2, 0) is 0 Å². The Labute approximate surface area is 88.0 Å². The maximum absolute atomic E-state index is 5.55. The molecule has 0 amide bonds. The average Bonchev–Trinajstić information content (AvgIpc) is 2.58. The fraction of sp³-hybridized carbons (Fsp3) is 1.00. The van der Waals surface area contributed by atoms with Crippen LogP contribution in [-0.4, -0.2) is 44.7 Å². The van der Waals surface area contributed by atoms with Gasteiger partial charge in [0.1, 0.15) is 0 Å². The van der Waals surface area contributed by atoms with Gasteiger partial charge in [0.2, 0.25) is 0 Å². The van der Waals surface area contributed by atoms with Gasteiger partial charge in [-0.2, -0.15) is 0 Å². The quantitative estimate of drug-likeness (QED) is 0.613. The topological polar surface area (TPSA) is 41.3 Å². The first-order valence-electron chi connectivity index (χ1n) is 5.81. The third-order valence-corrected chi connectivity index (χ3v) is 3.11. The second kappa shape index (κ2) is 6.38. The third kappa shape index (κ3) is 4.40. The molecule has 1 aliphatic heterocycles. The van der Waals surface area contributed by atoms with Crippen molar-refractivity contribution in [3.05, 3.63) is 0 Å². The molecule has 0 bridgehead atoms. The molecule has 1 rings (SSSR count). The molecule has 3 nitrogen and oxygen atoms in total. The summed E-state index contributed by atoms with van der Waals surface area (Å²) in [6.45, 7) is 7.77. The SMILES string of the molecule is CC(CN)CNCCC1CCN(C)C1. The Balaban J connectivity index is 1.94. The average molecular weight is 199 g/mol. The Kier molecular flexibility index (Phi) is 5.45. The van der Waals surface area contributed by atoms with Gasteiger partial charge in [0, 0.05) is 6.54 Å². The summed E-state index contributed by atoms with van der Waals surface area (Å²) in [4.78, 5) is 2.42. The first-order valence-corrected chi connectivity index (χ1v) is 5.81. The molecule has 0 radical (unpaired) electrons. The highest BCUT2D eigenvalue weighted by Gasteiger charge is 2.18. The normalized spacial score (nSPS) is 25.5. The second-order valence-corrected chi connectivity index (χ2v) is 4.75. The van der Waals surface area contributed by atoms with Crippen LogP contribution in [0.15, 0.2) is 0 Å². The first kappa shape index (κ1) is 12.0. The standard InChI is InChI=1S/C11H25N3/c1-10(7-12)8-13-5-3-11-4-6-14(2)9-11/h10-11,13H,3-9,12H2,1-2H3. The molecular formula is C11H25N3. The number of hydrogen-bond donors (Lipinski definition) is 2. The van der Waals surface area contributed by atoms with Crippen molar-refractivity contribution in [2.24, 2.45) is 17.6 Å². The number of nitrogens with zero attached hydrogens (tertiary/aromatic N) is 1. The molecule has 84 valence electrons. The van der Waals surface area contributed by atoms with Crippen LogP contribution in [0.2, 0.25) is 0 Å². The van der Waals surface area contributed by atoms with Crippen molar-refractivity contribution < 1.29 is 0 Å². The molecular weight excluding hydrogens is 174 g/mol. The number of rotatable bonds is 6. The molecule has 1 aliphatic rings. The van der Waals surface area contributed by atoms with Gasteiger partial charge < -0.3 is 16.0 Å². The lowest BCUT2D eigenvalue weighted by molar-refractivity contribution is 0.382. The summed E-state index contributed by atoms with van der Waals surface area (Å²) in [6, 6.07) is 0. The van der Waals surface area contributed by atoms with Gasteiger partial charge in [0.25, 0.3) is 0 Å².